The second kappa shape index (κ2) is 12.4. The maximum absolute atomic E-state index is 10.4. The fourth-order valence-electron chi connectivity index (χ4n) is 1.41. The molecule has 96 valence electrons. The van der Waals surface area contributed by atoms with Crippen LogP contribution in [-0.4, -0.2) is 17.7 Å². The number of rotatable bonds is 12. The number of unbranched alkanes of at least 4 members (excludes halogenated alkanes) is 6. The van der Waals surface area contributed by atoms with Crippen molar-refractivity contribution in [2.24, 2.45) is 5.73 Å². The first-order valence-electron chi connectivity index (χ1n) is 5.73. The summed E-state index contributed by atoms with van der Waals surface area (Å²) in [7, 11) is 0. The molecular formula is C10H22N2O4. The van der Waals surface area contributed by atoms with Crippen LogP contribution in [0.15, 0.2) is 0 Å². The summed E-state index contributed by atoms with van der Waals surface area (Å²) in [5.41, 5.74) is 6.47. The summed E-state index contributed by atoms with van der Waals surface area (Å²) < 4.78 is 0. The van der Waals surface area contributed by atoms with Crippen LogP contribution in [0.3, 0.4) is 0 Å². The van der Waals surface area contributed by atoms with Gasteiger partial charge in [0.05, 0.1) is 6.61 Å². The van der Waals surface area contributed by atoms with Gasteiger partial charge in [-0.15, -0.1) is 4.99 Å². The predicted molar refractivity (Wildman–Crippen MR) is 58.1 cm³/mol. The van der Waals surface area contributed by atoms with Gasteiger partial charge >= 0.3 is 0 Å². The summed E-state index contributed by atoms with van der Waals surface area (Å²) in [6, 6.07) is 0. The summed E-state index contributed by atoms with van der Waals surface area (Å²) in [6.45, 7) is 0.467. The highest BCUT2D eigenvalue weighted by Crippen LogP contribution is 2.08. The molecule has 4 N–H and O–H groups in total. The molecule has 0 fully saturated rings. The summed E-state index contributed by atoms with van der Waals surface area (Å²) >= 11 is 0. The summed E-state index contributed by atoms with van der Waals surface area (Å²) in [6.07, 6.45) is 7.89. The van der Waals surface area contributed by atoms with Crippen molar-refractivity contribution in [2.75, 3.05) is 6.61 Å². The largest absolute Gasteiger partial charge is 0.370 e. The lowest BCUT2D eigenvalue weighted by molar-refractivity contribution is -0.390. The van der Waals surface area contributed by atoms with Crippen molar-refractivity contribution in [1.82, 2.24) is 5.64 Å². The van der Waals surface area contributed by atoms with Gasteiger partial charge in [0, 0.05) is 6.42 Å². The van der Waals surface area contributed by atoms with Crippen molar-refractivity contribution in [1.29, 1.82) is 0 Å². The van der Waals surface area contributed by atoms with Crippen LogP contribution in [0.1, 0.15) is 51.4 Å². The highest BCUT2D eigenvalue weighted by atomic mass is 17.3. The highest BCUT2D eigenvalue weighted by molar-refractivity contribution is 5.73. The van der Waals surface area contributed by atoms with E-state index in [-0.39, 0.29) is 5.91 Å². The maximum Gasteiger partial charge on any atom is 0.217 e. The number of carbonyl (C=O) groups is 1. The molecule has 0 spiro atoms. The van der Waals surface area contributed by atoms with E-state index in [1.807, 2.05) is 0 Å². The molecule has 0 aliphatic heterocycles. The number of primary amides is 1. The second-order valence-electron chi connectivity index (χ2n) is 3.69. The van der Waals surface area contributed by atoms with Gasteiger partial charge in [-0.1, -0.05) is 32.1 Å². The van der Waals surface area contributed by atoms with Crippen LogP contribution in [-0.2, 0) is 14.7 Å². The predicted octanol–water partition coefficient (Wildman–Crippen LogP) is 1.43. The Balaban J connectivity index is 2.90. The van der Waals surface area contributed by atoms with Crippen LogP contribution in [0, 0.1) is 0 Å². The van der Waals surface area contributed by atoms with Crippen molar-refractivity contribution in [3.05, 3.63) is 0 Å². The molecule has 0 saturated carbocycles. The Morgan fingerprint density at radius 2 is 1.62 bits per heavy atom. The molecule has 0 saturated heterocycles. The molecule has 6 heteroatoms. The third kappa shape index (κ3) is 13.3. The molecule has 0 aromatic heterocycles. The van der Waals surface area contributed by atoms with Gasteiger partial charge in [0.25, 0.3) is 0 Å². The van der Waals surface area contributed by atoms with Crippen molar-refractivity contribution < 1.29 is 19.9 Å². The molecule has 0 rings (SSSR count). The van der Waals surface area contributed by atoms with Gasteiger partial charge in [0.15, 0.2) is 0 Å². The number of hydrogen-bond donors (Lipinski definition) is 3. The van der Waals surface area contributed by atoms with Gasteiger partial charge in [0.2, 0.25) is 5.91 Å². The Hall–Kier alpha value is -0.690. The summed E-state index contributed by atoms with van der Waals surface area (Å²) in [5.74, 6) is -0.213. The molecule has 16 heavy (non-hydrogen) atoms. The molecule has 0 aliphatic carbocycles. The SMILES string of the molecule is NC(=O)CCCCCCCCCOONO. The number of amides is 1. The molecule has 1 amide bonds. The van der Waals surface area contributed by atoms with Crippen molar-refractivity contribution in [3.63, 3.8) is 0 Å². The van der Waals surface area contributed by atoms with Crippen LogP contribution < -0.4 is 11.4 Å². The quantitative estimate of drug-likeness (QED) is 0.270. The van der Waals surface area contributed by atoms with Gasteiger partial charge in [-0.3, -0.25) is 10.0 Å². The molecule has 0 bridgehead atoms. The zero-order chi connectivity index (χ0) is 12.1. The molecule has 0 unspecified atom stereocenters. The molecule has 0 aromatic rings. The average Bonchev–Trinajstić information content (AvgIpc) is 2.25. The summed E-state index contributed by atoms with van der Waals surface area (Å²) in [4.78, 5) is 19.1. The number of nitrogens with one attached hydrogen (secondary N) is 1. The first kappa shape index (κ1) is 15.3. The normalized spacial score (nSPS) is 10.6. The minimum absolute atomic E-state index is 0.213. The van der Waals surface area contributed by atoms with E-state index >= 15 is 0 Å². The second-order valence-corrected chi connectivity index (χ2v) is 3.69. The molecular weight excluding hydrogens is 212 g/mol. The molecule has 6 nitrogen and oxygen atoms in total. The Morgan fingerprint density at radius 3 is 2.19 bits per heavy atom. The van der Waals surface area contributed by atoms with Gasteiger partial charge < -0.3 is 5.73 Å². The zero-order valence-corrected chi connectivity index (χ0v) is 9.61. The lowest BCUT2D eigenvalue weighted by atomic mass is 10.1. The molecule has 0 atom stereocenters. The Labute approximate surface area is 95.9 Å². The highest BCUT2D eigenvalue weighted by Gasteiger charge is 1.95. The fourth-order valence-corrected chi connectivity index (χ4v) is 1.41. The third-order valence-corrected chi connectivity index (χ3v) is 2.25. The zero-order valence-electron chi connectivity index (χ0n) is 9.61. The van der Waals surface area contributed by atoms with Gasteiger partial charge in [0.1, 0.15) is 0 Å². The van der Waals surface area contributed by atoms with E-state index in [1.165, 1.54) is 5.64 Å². The van der Waals surface area contributed by atoms with E-state index in [1.54, 1.807) is 0 Å². The van der Waals surface area contributed by atoms with Crippen molar-refractivity contribution in [3.8, 4) is 0 Å². The lowest BCUT2D eigenvalue weighted by Gasteiger charge is -2.02. The molecule has 0 aromatic carbocycles. The van der Waals surface area contributed by atoms with E-state index in [0.29, 0.717) is 13.0 Å². The van der Waals surface area contributed by atoms with Gasteiger partial charge in [-0.05, 0) is 18.5 Å². The molecule has 0 aliphatic rings. The van der Waals surface area contributed by atoms with Crippen LogP contribution in [0.25, 0.3) is 0 Å². The van der Waals surface area contributed by atoms with E-state index < -0.39 is 0 Å². The topological polar surface area (TPSA) is 93.8 Å². The van der Waals surface area contributed by atoms with Crippen molar-refractivity contribution in [2.45, 2.75) is 51.4 Å². The lowest BCUT2D eigenvalue weighted by Crippen LogP contribution is -2.09. The number of nitrogens with two attached hydrogens (primary N) is 1. The van der Waals surface area contributed by atoms with Gasteiger partial charge in [-0.2, -0.15) is 0 Å². The number of carbonyl (C=O) groups excluding carboxylic acids is 1. The first-order chi connectivity index (χ1) is 7.77. The monoisotopic (exact) mass is 234 g/mol. The fraction of sp³-hybridized carbons (Fsp3) is 0.900. The van der Waals surface area contributed by atoms with Crippen LogP contribution in [0.2, 0.25) is 0 Å². The number of hydrogen-bond acceptors (Lipinski definition) is 5. The van der Waals surface area contributed by atoms with Crippen molar-refractivity contribution >= 4 is 5.91 Å². The van der Waals surface area contributed by atoms with E-state index in [0.717, 1.165) is 44.9 Å². The van der Waals surface area contributed by atoms with E-state index in [2.05, 4.69) is 9.88 Å². The maximum atomic E-state index is 10.4. The minimum atomic E-state index is -0.213. The molecule has 0 radical (unpaired) electrons. The van der Waals surface area contributed by atoms with Gasteiger partial charge in [-0.25, -0.2) is 4.89 Å². The summed E-state index contributed by atoms with van der Waals surface area (Å²) in [5, 5.41) is 8.00. The van der Waals surface area contributed by atoms with Crippen LogP contribution >= 0.6 is 0 Å². The molecule has 0 heterocycles. The minimum Gasteiger partial charge on any atom is -0.370 e. The van der Waals surface area contributed by atoms with Crippen LogP contribution in [0.5, 0.6) is 0 Å². The smallest absolute Gasteiger partial charge is 0.217 e. The Bertz CT molecular complexity index is 167. The van der Waals surface area contributed by atoms with E-state index in [4.69, 9.17) is 10.9 Å². The Morgan fingerprint density at radius 1 is 1.06 bits per heavy atom. The average molecular weight is 234 g/mol. The Kier molecular flexibility index (Phi) is 11.8. The standard InChI is InChI=1S/C10H22N2O4/c11-10(13)8-6-4-2-1-3-5-7-9-15-16-12-14/h12,14H,1-9H2,(H2,11,13). The van der Waals surface area contributed by atoms with Crippen LogP contribution in [0.4, 0.5) is 0 Å². The van der Waals surface area contributed by atoms with E-state index in [9.17, 15) is 4.79 Å². The first-order valence-corrected chi connectivity index (χ1v) is 5.73. The third-order valence-electron chi connectivity index (χ3n) is 2.25.